The Morgan fingerprint density at radius 2 is 2.13 bits per heavy atom. The summed E-state index contributed by atoms with van der Waals surface area (Å²) < 4.78 is 0. The average Bonchev–Trinajstić information content (AvgIpc) is 3.09. The van der Waals surface area contributed by atoms with E-state index in [1.165, 1.54) is 6.33 Å². The van der Waals surface area contributed by atoms with E-state index in [2.05, 4.69) is 27.5 Å². The van der Waals surface area contributed by atoms with Crippen LogP contribution in [0.1, 0.15) is 45.4 Å². The number of carboxylic acid groups (broad SMARTS) is 1. The van der Waals surface area contributed by atoms with Crippen LogP contribution in [0.25, 0.3) is 10.9 Å². The SMILES string of the molecule is CCC[C@@H]1CC(NC(=O)O)CC[C@@H]1N1CCC(Nc2ncnc3ccc(Cl)cc23)C1=O. The molecule has 2 aliphatic rings. The van der Waals surface area contributed by atoms with E-state index in [1.807, 2.05) is 17.0 Å². The third kappa shape index (κ3) is 4.69. The summed E-state index contributed by atoms with van der Waals surface area (Å²) in [5.74, 6) is 1.01. The van der Waals surface area contributed by atoms with Crippen LogP contribution in [0.2, 0.25) is 5.02 Å². The molecule has 166 valence electrons. The maximum absolute atomic E-state index is 13.3. The molecule has 2 aromatic rings. The molecule has 1 aromatic carbocycles. The first-order valence-corrected chi connectivity index (χ1v) is 11.3. The second-order valence-electron chi connectivity index (χ2n) is 8.48. The van der Waals surface area contributed by atoms with Crippen LogP contribution < -0.4 is 10.6 Å². The van der Waals surface area contributed by atoms with Crippen molar-refractivity contribution in [1.29, 1.82) is 0 Å². The standard InChI is InChI=1S/C22H28ClN5O3/c1-2-3-13-10-15(26-22(30)31)5-7-19(13)28-9-8-18(21(28)29)27-20-16-11-14(23)4-6-17(16)24-12-25-20/h4,6,11-13,15,18-19,26H,2-3,5,7-10H2,1H3,(H,30,31)(H,24,25,27)/t13-,15?,18?,19+/m1/s1. The van der Waals surface area contributed by atoms with E-state index in [0.717, 1.165) is 43.0 Å². The fourth-order valence-electron chi connectivity index (χ4n) is 5.12. The first-order valence-electron chi connectivity index (χ1n) is 10.9. The van der Waals surface area contributed by atoms with Gasteiger partial charge in [-0.2, -0.15) is 0 Å². The zero-order valence-electron chi connectivity index (χ0n) is 17.6. The van der Waals surface area contributed by atoms with Crippen molar-refractivity contribution in [2.45, 2.75) is 63.6 Å². The molecular weight excluding hydrogens is 418 g/mol. The molecule has 2 amide bonds. The molecule has 1 saturated carbocycles. The van der Waals surface area contributed by atoms with E-state index in [1.54, 1.807) is 6.07 Å². The summed E-state index contributed by atoms with van der Waals surface area (Å²) in [5.41, 5.74) is 0.775. The minimum atomic E-state index is -0.975. The molecule has 0 bridgehead atoms. The number of fused-ring (bicyclic) bond motifs is 1. The number of nitrogens with zero attached hydrogens (tertiary/aromatic N) is 3. The van der Waals surface area contributed by atoms with Crippen molar-refractivity contribution in [3.8, 4) is 0 Å². The zero-order valence-corrected chi connectivity index (χ0v) is 18.3. The Morgan fingerprint density at radius 1 is 1.29 bits per heavy atom. The lowest BCUT2D eigenvalue weighted by atomic mass is 9.78. The topological polar surface area (TPSA) is 107 Å². The van der Waals surface area contributed by atoms with Gasteiger partial charge in [-0.05, 0) is 56.2 Å². The van der Waals surface area contributed by atoms with Gasteiger partial charge in [0, 0.05) is 29.0 Å². The van der Waals surface area contributed by atoms with Gasteiger partial charge in [0.05, 0.1) is 5.52 Å². The molecule has 0 radical (unpaired) electrons. The molecule has 2 fully saturated rings. The van der Waals surface area contributed by atoms with Crippen LogP contribution in [0.15, 0.2) is 24.5 Å². The van der Waals surface area contributed by atoms with Crippen LogP contribution in [-0.2, 0) is 4.79 Å². The normalized spacial score (nSPS) is 26.3. The first-order chi connectivity index (χ1) is 15.0. The van der Waals surface area contributed by atoms with Crippen LogP contribution in [0.3, 0.4) is 0 Å². The van der Waals surface area contributed by atoms with Crippen molar-refractivity contribution in [3.05, 3.63) is 29.5 Å². The van der Waals surface area contributed by atoms with E-state index in [4.69, 9.17) is 16.7 Å². The number of halogens is 1. The van der Waals surface area contributed by atoms with Gasteiger partial charge in [-0.3, -0.25) is 4.79 Å². The summed E-state index contributed by atoms with van der Waals surface area (Å²) in [5, 5.41) is 16.4. The first kappa shape index (κ1) is 21.6. The van der Waals surface area contributed by atoms with E-state index in [-0.39, 0.29) is 24.0 Å². The number of likely N-dealkylation sites (tertiary alicyclic amines) is 1. The van der Waals surface area contributed by atoms with E-state index < -0.39 is 6.09 Å². The summed E-state index contributed by atoms with van der Waals surface area (Å²) in [6, 6.07) is 5.22. The molecule has 4 rings (SSSR count). The molecule has 1 aliphatic heterocycles. The molecule has 31 heavy (non-hydrogen) atoms. The summed E-state index contributed by atoms with van der Waals surface area (Å²) in [4.78, 5) is 35.0. The van der Waals surface area contributed by atoms with Crippen LogP contribution >= 0.6 is 11.6 Å². The van der Waals surface area contributed by atoms with Crippen molar-refractivity contribution >= 4 is 40.3 Å². The Hall–Kier alpha value is -2.61. The van der Waals surface area contributed by atoms with Crippen molar-refractivity contribution < 1.29 is 14.7 Å². The largest absolute Gasteiger partial charge is 0.465 e. The molecule has 3 N–H and O–H groups in total. The molecule has 1 aromatic heterocycles. The highest BCUT2D eigenvalue weighted by atomic mass is 35.5. The molecule has 0 spiro atoms. The fraction of sp³-hybridized carbons (Fsp3) is 0.545. The van der Waals surface area contributed by atoms with Gasteiger partial charge in [-0.25, -0.2) is 14.8 Å². The minimum Gasteiger partial charge on any atom is -0.465 e. The molecule has 1 saturated heterocycles. The van der Waals surface area contributed by atoms with Gasteiger partial charge in [-0.15, -0.1) is 0 Å². The summed E-state index contributed by atoms with van der Waals surface area (Å²) >= 11 is 6.15. The van der Waals surface area contributed by atoms with Crippen LogP contribution in [0, 0.1) is 5.92 Å². The van der Waals surface area contributed by atoms with E-state index >= 15 is 0 Å². The smallest absolute Gasteiger partial charge is 0.404 e. The van der Waals surface area contributed by atoms with Crippen LogP contribution in [-0.4, -0.2) is 56.6 Å². The lowest BCUT2D eigenvalue weighted by Gasteiger charge is -2.41. The monoisotopic (exact) mass is 445 g/mol. The number of anilines is 1. The predicted molar refractivity (Wildman–Crippen MR) is 119 cm³/mol. The summed E-state index contributed by atoms with van der Waals surface area (Å²) in [6.45, 7) is 2.83. The van der Waals surface area contributed by atoms with Gasteiger partial charge in [0.15, 0.2) is 0 Å². The molecule has 4 atom stereocenters. The van der Waals surface area contributed by atoms with Gasteiger partial charge in [0.1, 0.15) is 18.2 Å². The maximum atomic E-state index is 13.3. The maximum Gasteiger partial charge on any atom is 0.404 e. The Labute approximate surface area is 186 Å². The third-order valence-corrected chi connectivity index (χ3v) is 6.71. The second-order valence-corrected chi connectivity index (χ2v) is 8.91. The van der Waals surface area contributed by atoms with Gasteiger partial charge < -0.3 is 20.6 Å². The van der Waals surface area contributed by atoms with Crippen LogP contribution in [0.5, 0.6) is 0 Å². The zero-order chi connectivity index (χ0) is 22.0. The lowest BCUT2D eigenvalue weighted by molar-refractivity contribution is -0.132. The highest BCUT2D eigenvalue weighted by molar-refractivity contribution is 6.31. The number of carbonyl (C=O) groups is 2. The summed E-state index contributed by atoms with van der Waals surface area (Å²) in [7, 11) is 0. The number of hydrogen-bond donors (Lipinski definition) is 3. The Balaban J connectivity index is 1.47. The molecular formula is C22H28ClN5O3. The second kappa shape index (κ2) is 9.26. The molecule has 2 unspecified atom stereocenters. The number of amides is 2. The van der Waals surface area contributed by atoms with Gasteiger partial charge in [-0.1, -0.05) is 24.9 Å². The summed E-state index contributed by atoms with van der Waals surface area (Å²) in [6.07, 6.45) is 5.58. The average molecular weight is 446 g/mol. The molecule has 1 aliphatic carbocycles. The number of hydrogen-bond acceptors (Lipinski definition) is 5. The highest BCUT2D eigenvalue weighted by Gasteiger charge is 2.41. The number of rotatable bonds is 6. The number of aromatic nitrogens is 2. The predicted octanol–water partition coefficient (Wildman–Crippen LogP) is 3.90. The van der Waals surface area contributed by atoms with E-state index in [9.17, 15) is 9.59 Å². The fourth-order valence-corrected chi connectivity index (χ4v) is 5.29. The number of benzene rings is 1. The quantitative estimate of drug-likeness (QED) is 0.622. The Morgan fingerprint density at radius 3 is 2.90 bits per heavy atom. The lowest BCUT2D eigenvalue weighted by Crippen LogP contribution is -2.50. The minimum absolute atomic E-state index is 0.0333. The van der Waals surface area contributed by atoms with Crippen molar-refractivity contribution in [2.75, 3.05) is 11.9 Å². The van der Waals surface area contributed by atoms with Gasteiger partial charge in [0.2, 0.25) is 5.91 Å². The van der Waals surface area contributed by atoms with Gasteiger partial charge in [0.25, 0.3) is 0 Å². The molecule has 8 nitrogen and oxygen atoms in total. The highest BCUT2D eigenvalue weighted by Crippen LogP contribution is 2.35. The van der Waals surface area contributed by atoms with E-state index in [0.29, 0.717) is 29.7 Å². The van der Waals surface area contributed by atoms with Crippen molar-refractivity contribution in [2.24, 2.45) is 5.92 Å². The molecule has 9 heteroatoms. The van der Waals surface area contributed by atoms with Gasteiger partial charge >= 0.3 is 6.09 Å². The Bertz CT molecular complexity index is 971. The number of carbonyl (C=O) groups excluding carboxylic acids is 1. The Kier molecular flexibility index (Phi) is 6.46. The van der Waals surface area contributed by atoms with Crippen LogP contribution in [0.4, 0.5) is 10.6 Å². The third-order valence-electron chi connectivity index (χ3n) is 6.48. The van der Waals surface area contributed by atoms with Crippen molar-refractivity contribution in [1.82, 2.24) is 20.2 Å². The molecule has 2 heterocycles. The number of nitrogens with one attached hydrogen (secondary N) is 2. The van der Waals surface area contributed by atoms with Crippen molar-refractivity contribution in [3.63, 3.8) is 0 Å².